The third-order valence-corrected chi connectivity index (χ3v) is 2.19. The van der Waals surface area contributed by atoms with Crippen molar-refractivity contribution in [2.45, 2.75) is 6.43 Å². The van der Waals surface area contributed by atoms with E-state index in [1.54, 1.807) is 0 Å². The maximum atomic E-state index is 12.4. The Kier molecular flexibility index (Phi) is 3.40. The van der Waals surface area contributed by atoms with Gasteiger partial charge in [-0.3, -0.25) is 14.9 Å². The molecule has 0 aliphatic carbocycles. The molecular weight excluding hydrogens is 278 g/mol. The Labute approximate surface area is 90.4 Å². The summed E-state index contributed by atoms with van der Waals surface area (Å²) in [4.78, 5) is 23.5. The van der Waals surface area contributed by atoms with E-state index in [2.05, 4.69) is 20.9 Å². The number of pyridine rings is 1. The van der Waals surface area contributed by atoms with Gasteiger partial charge in [0.2, 0.25) is 0 Å². The van der Waals surface area contributed by atoms with Crippen molar-refractivity contribution < 1.29 is 18.5 Å². The maximum absolute atomic E-state index is 12.4. The van der Waals surface area contributed by atoms with Crippen molar-refractivity contribution in [1.82, 2.24) is 4.98 Å². The second-order valence-corrected chi connectivity index (χ2v) is 3.19. The van der Waals surface area contributed by atoms with Gasteiger partial charge in [0.05, 0.1) is 10.5 Å². The lowest BCUT2D eigenvalue weighted by molar-refractivity contribution is -0.386. The van der Waals surface area contributed by atoms with Crippen molar-refractivity contribution in [2.24, 2.45) is 0 Å². The maximum Gasteiger partial charge on any atom is 0.312 e. The highest BCUT2D eigenvalue weighted by atomic mass is 79.9. The normalized spacial score (nSPS) is 10.4. The van der Waals surface area contributed by atoms with Crippen LogP contribution in [0.1, 0.15) is 22.3 Å². The molecule has 1 heterocycles. The second-order valence-electron chi connectivity index (χ2n) is 2.44. The number of rotatable bonds is 3. The van der Waals surface area contributed by atoms with Gasteiger partial charge < -0.3 is 0 Å². The molecule has 0 N–H and O–H groups in total. The Balaban J connectivity index is 3.54. The Morgan fingerprint density at radius 2 is 2.20 bits per heavy atom. The van der Waals surface area contributed by atoms with Crippen LogP contribution in [0.25, 0.3) is 0 Å². The molecule has 0 saturated heterocycles. The summed E-state index contributed by atoms with van der Waals surface area (Å²) in [6.45, 7) is 0. The van der Waals surface area contributed by atoms with Crippen LogP contribution >= 0.6 is 15.9 Å². The topological polar surface area (TPSA) is 73.1 Å². The van der Waals surface area contributed by atoms with Crippen molar-refractivity contribution in [2.75, 3.05) is 0 Å². The van der Waals surface area contributed by atoms with Crippen molar-refractivity contribution in [3.05, 3.63) is 32.0 Å². The van der Waals surface area contributed by atoms with E-state index in [9.17, 15) is 23.7 Å². The quantitative estimate of drug-likeness (QED) is 0.369. The van der Waals surface area contributed by atoms with Crippen molar-refractivity contribution in [3.8, 4) is 0 Å². The van der Waals surface area contributed by atoms with Crippen molar-refractivity contribution in [3.63, 3.8) is 0 Å². The summed E-state index contributed by atoms with van der Waals surface area (Å²) < 4.78 is 24.5. The summed E-state index contributed by atoms with van der Waals surface area (Å²) in [7, 11) is 0. The first-order chi connectivity index (χ1) is 6.99. The minimum atomic E-state index is -2.98. The zero-order valence-corrected chi connectivity index (χ0v) is 8.57. The van der Waals surface area contributed by atoms with Gasteiger partial charge in [-0.1, -0.05) is 0 Å². The average molecular weight is 281 g/mol. The number of aldehydes is 1. The lowest BCUT2D eigenvalue weighted by Gasteiger charge is -2.04. The minimum Gasteiger partial charge on any atom is -0.298 e. The highest BCUT2D eigenvalue weighted by Crippen LogP contribution is 2.32. The van der Waals surface area contributed by atoms with Crippen LogP contribution in [-0.2, 0) is 0 Å². The minimum absolute atomic E-state index is 0.0199. The van der Waals surface area contributed by atoms with E-state index in [1.807, 2.05) is 0 Å². The SMILES string of the molecule is O=Cc1c(C(F)F)cnc(Br)c1[N+](=O)[O-]. The van der Waals surface area contributed by atoms with E-state index in [0.717, 1.165) is 6.20 Å². The standard InChI is InChI=1S/C7H3BrF2N2O3/c8-6-5(12(14)15)4(2-13)3(1-11-6)7(9)10/h1-2,7H. The molecule has 0 saturated carbocycles. The molecule has 0 atom stereocenters. The van der Waals surface area contributed by atoms with E-state index in [0.29, 0.717) is 0 Å². The monoisotopic (exact) mass is 280 g/mol. The molecule has 8 heteroatoms. The molecule has 0 bridgehead atoms. The van der Waals surface area contributed by atoms with Crippen LogP contribution in [0.4, 0.5) is 14.5 Å². The highest BCUT2D eigenvalue weighted by molar-refractivity contribution is 9.10. The number of aromatic nitrogens is 1. The summed E-state index contributed by atoms with van der Waals surface area (Å²) >= 11 is 2.72. The van der Waals surface area contributed by atoms with Gasteiger partial charge in [0.1, 0.15) is 5.56 Å². The molecule has 5 nitrogen and oxygen atoms in total. The molecule has 0 fully saturated rings. The fraction of sp³-hybridized carbons (Fsp3) is 0.143. The largest absolute Gasteiger partial charge is 0.312 e. The predicted molar refractivity (Wildman–Crippen MR) is 48.9 cm³/mol. The Hall–Kier alpha value is -1.44. The second kappa shape index (κ2) is 4.39. The fourth-order valence-electron chi connectivity index (χ4n) is 0.976. The first kappa shape index (κ1) is 11.6. The summed E-state index contributed by atoms with van der Waals surface area (Å²) in [5.41, 5.74) is -2.15. The molecule has 1 aromatic rings. The van der Waals surface area contributed by atoms with E-state index in [4.69, 9.17) is 0 Å². The molecule has 0 amide bonds. The first-order valence-electron chi connectivity index (χ1n) is 3.55. The van der Waals surface area contributed by atoms with E-state index < -0.39 is 28.2 Å². The number of hydrogen-bond acceptors (Lipinski definition) is 4. The molecule has 80 valence electrons. The van der Waals surface area contributed by atoms with Crippen molar-refractivity contribution >= 4 is 27.9 Å². The van der Waals surface area contributed by atoms with Gasteiger partial charge in [0, 0.05) is 6.20 Å². The summed E-state index contributed by atoms with van der Waals surface area (Å²) in [6.07, 6.45) is -2.23. The number of hydrogen-bond donors (Lipinski definition) is 0. The van der Waals surface area contributed by atoms with Gasteiger partial charge in [-0.2, -0.15) is 0 Å². The fourth-order valence-corrected chi connectivity index (χ4v) is 1.44. The van der Waals surface area contributed by atoms with Gasteiger partial charge in [0.25, 0.3) is 6.43 Å². The third-order valence-electron chi connectivity index (χ3n) is 1.61. The van der Waals surface area contributed by atoms with Gasteiger partial charge >= 0.3 is 5.69 Å². The number of nitro groups is 1. The number of nitrogens with zero attached hydrogens (tertiary/aromatic N) is 2. The molecule has 0 unspecified atom stereocenters. The molecule has 0 radical (unpaired) electrons. The predicted octanol–water partition coefficient (Wildman–Crippen LogP) is 2.50. The van der Waals surface area contributed by atoms with Crippen LogP contribution in [0.3, 0.4) is 0 Å². The molecule has 15 heavy (non-hydrogen) atoms. The third kappa shape index (κ3) is 2.14. The summed E-state index contributed by atoms with van der Waals surface area (Å²) in [5.74, 6) is 0. The number of carbonyl (C=O) groups is 1. The van der Waals surface area contributed by atoms with Crippen LogP contribution in [0, 0.1) is 10.1 Å². The molecule has 0 spiro atoms. The Morgan fingerprint density at radius 1 is 1.60 bits per heavy atom. The molecule has 0 aliphatic rings. The Morgan fingerprint density at radius 3 is 2.60 bits per heavy atom. The van der Waals surface area contributed by atoms with Crippen LogP contribution in [-0.4, -0.2) is 16.2 Å². The molecule has 1 aromatic heterocycles. The van der Waals surface area contributed by atoms with Crippen LogP contribution < -0.4 is 0 Å². The molecule has 1 rings (SSSR count). The Bertz CT molecular complexity index is 425. The van der Waals surface area contributed by atoms with Gasteiger partial charge in [-0.15, -0.1) is 0 Å². The summed E-state index contributed by atoms with van der Waals surface area (Å²) in [5, 5.41) is 10.5. The zero-order chi connectivity index (χ0) is 11.6. The lowest BCUT2D eigenvalue weighted by Crippen LogP contribution is -2.03. The van der Waals surface area contributed by atoms with Crippen LogP contribution in [0.15, 0.2) is 10.8 Å². The van der Waals surface area contributed by atoms with Gasteiger partial charge in [0.15, 0.2) is 10.9 Å². The van der Waals surface area contributed by atoms with E-state index in [-0.39, 0.29) is 10.9 Å². The number of carbonyl (C=O) groups excluding carboxylic acids is 1. The van der Waals surface area contributed by atoms with E-state index in [1.165, 1.54) is 0 Å². The van der Waals surface area contributed by atoms with Crippen molar-refractivity contribution in [1.29, 1.82) is 0 Å². The highest BCUT2D eigenvalue weighted by Gasteiger charge is 2.26. The molecule has 0 aromatic carbocycles. The number of halogens is 3. The smallest absolute Gasteiger partial charge is 0.298 e. The van der Waals surface area contributed by atoms with Crippen LogP contribution in [0.5, 0.6) is 0 Å². The average Bonchev–Trinajstić information content (AvgIpc) is 2.15. The van der Waals surface area contributed by atoms with Gasteiger partial charge in [-0.05, 0) is 15.9 Å². The van der Waals surface area contributed by atoms with Gasteiger partial charge in [-0.25, -0.2) is 13.8 Å². The molecule has 0 aliphatic heterocycles. The summed E-state index contributed by atoms with van der Waals surface area (Å²) in [6, 6.07) is 0. The zero-order valence-electron chi connectivity index (χ0n) is 6.99. The molecular formula is C7H3BrF2N2O3. The lowest BCUT2D eigenvalue weighted by atomic mass is 10.1. The number of alkyl halides is 2. The van der Waals surface area contributed by atoms with Crippen LogP contribution in [0.2, 0.25) is 0 Å². The van der Waals surface area contributed by atoms with E-state index >= 15 is 0 Å². The first-order valence-corrected chi connectivity index (χ1v) is 4.34.